The molecule has 0 bridgehead atoms. The lowest BCUT2D eigenvalue weighted by atomic mass is 10.1. The average molecular weight is 247 g/mol. The Morgan fingerprint density at radius 3 is 3.00 bits per heavy atom. The summed E-state index contributed by atoms with van der Waals surface area (Å²) in [5.74, 6) is 0. The molecule has 0 saturated carbocycles. The number of piperazine rings is 1. The van der Waals surface area contributed by atoms with Crippen LogP contribution in [0.15, 0.2) is 24.4 Å². The van der Waals surface area contributed by atoms with E-state index in [1.54, 1.807) is 0 Å². The number of aliphatic hydroxyl groups is 1. The van der Waals surface area contributed by atoms with Crippen LogP contribution in [-0.4, -0.2) is 57.7 Å². The topological polar surface area (TPSA) is 39.6 Å². The van der Waals surface area contributed by atoms with E-state index in [2.05, 4.69) is 27.8 Å². The summed E-state index contributed by atoms with van der Waals surface area (Å²) >= 11 is 0. The standard InChI is InChI=1S/C14H21N3O/c1-11-7-17-10-14(18)6-13(17)9-16(11)8-12-4-2-3-5-15-12/h2-5,11,13-14,18H,6-10H2,1H3/t11-,13+,14+/m0/s1. The molecule has 0 radical (unpaired) electrons. The van der Waals surface area contributed by atoms with Gasteiger partial charge in [0.2, 0.25) is 0 Å². The highest BCUT2D eigenvalue weighted by molar-refractivity contribution is 5.05. The van der Waals surface area contributed by atoms with Crippen molar-refractivity contribution < 1.29 is 5.11 Å². The summed E-state index contributed by atoms with van der Waals surface area (Å²) in [7, 11) is 0. The van der Waals surface area contributed by atoms with E-state index in [1.807, 2.05) is 18.3 Å². The van der Waals surface area contributed by atoms with Crippen molar-refractivity contribution in [2.75, 3.05) is 19.6 Å². The van der Waals surface area contributed by atoms with Crippen LogP contribution in [0.3, 0.4) is 0 Å². The molecule has 0 aromatic carbocycles. The fraction of sp³-hybridized carbons (Fsp3) is 0.643. The molecule has 0 unspecified atom stereocenters. The van der Waals surface area contributed by atoms with Crippen molar-refractivity contribution in [1.29, 1.82) is 0 Å². The highest BCUT2D eigenvalue weighted by atomic mass is 16.3. The normalized spacial score (nSPS) is 33.6. The highest BCUT2D eigenvalue weighted by Crippen LogP contribution is 2.25. The Labute approximate surface area is 108 Å². The second-order valence-electron chi connectivity index (χ2n) is 5.60. The van der Waals surface area contributed by atoms with Crippen LogP contribution in [0.25, 0.3) is 0 Å². The quantitative estimate of drug-likeness (QED) is 0.836. The lowest BCUT2D eigenvalue weighted by Gasteiger charge is -2.42. The van der Waals surface area contributed by atoms with Crippen molar-refractivity contribution in [2.45, 2.75) is 38.1 Å². The first-order chi connectivity index (χ1) is 8.72. The van der Waals surface area contributed by atoms with Crippen molar-refractivity contribution >= 4 is 0 Å². The van der Waals surface area contributed by atoms with E-state index in [1.165, 1.54) is 0 Å². The Balaban J connectivity index is 1.66. The van der Waals surface area contributed by atoms with E-state index in [9.17, 15) is 5.11 Å². The zero-order valence-electron chi connectivity index (χ0n) is 10.9. The Kier molecular flexibility index (Phi) is 3.33. The molecular weight excluding hydrogens is 226 g/mol. The fourth-order valence-corrected chi connectivity index (χ4v) is 3.20. The molecule has 1 aromatic rings. The zero-order valence-corrected chi connectivity index (χ0v) is 10.9. The molecule has 0 amide bonds. The number of pyridine rings is 1. The second-order valence-corrected chi connectivity index (χ2v) is 5.60. The summed E-state index contributed by atoms with van der Waals surface area (Å²) in [4.78, 5) is 9.33. The Morgan fingerprint density at radius 2 is 2.22 bits per heavy atom. The smallest absolute Gasteiger partial charge is 0.0682 e. The summed E-state index contributed by atoms with van der Waals surface area (Å²) in [6.45, 7) is 6.15. The third kappa shape index (κ3) is 2.41. The first-order valence-electron chi connectivity index (χ1n) is 6.78. The molecule has 0 aliphatic carbocycles. The van der Waals surface area contributed by atoms with Gasteiger partial charge in [0, 0.05) is 44.5 Å². The van der Waals surface area contributed by atoms with Crippen molar-refractivity contribution in [3.63, 3.8) is 0 Å². The number of nitrogens with zero attached hydrogens (tertiary/aromatic N) is 3. The lowest BCUT2D eigenvalue weighted by Crippen LogP contribution is -2.54. The van der Waals surface area contributed by atoms with Crippen molar-refractivity contribution in [3.8, 4) is 0 Å². The van der Waals surface area contributed by atoms with Gasteiger partial charge >= 0.3 is 0 Å². The van der Waals surface area contributed by atoms with Crippen LogP contribution < -0.4 is 0 Å². The summed E-state index contributed by atoms with van der Waals surface area (Å²) < 4.78 is 0. The predicted octanol–water partition coefficient (Wildman–Crippen LogP) is 0.721. The van der Waals surface area contributed by atoms with Crippen molar-refractivity contribution in [1.82, 2.24) is 14.8 Å². The maximum Gasteiger partial charge on any atom is 0.0682 e. The SMILES string of the molecule is C[C@H]1CN2C[C@H](O)C[C@@H]2CN1Cc1ccccn1. The molecule has 18 heavy (non-hydrogen) atoms. The molecule has 0 spiro atoms. The first kappa shape index (κ1) is 12.1. The third-order valence-corrected chi connectivity index (χ3v) is 4.16. The number of hydrogen-bond acceptors (Lipinski definition) is 4. The van der Waals surface area contributed by atoms with Crippen LogP contribution >= 0.6 is 0 Å². The van der Waals surface area contributed by atoms with E-state index in [0.717, 1.165) is 38.3 Å². The van der Waals surface area contributed by atoms with Crippen molar-refractivity contribution in [3.05, 3.63) is 30.1 Å². The van der Waals surface area contributed by atoms with Gasteiger partial charge in [0.15, 0.2) is 0 Å². The van der Waals surface area contributed by atoms with Gasteiger partial charge in [-0.15, -0.1) is 0 Å². The Hall–Kier alpha value is -0.970. The minimum Gasteiger partial charge on any atom is -0.392 e. The average Bonchev–Trinajstić information content (AvgIpc) is 2.70. The number of rotatable bonds is 2. The summed E-state index contributed by atoms with van der Waals surface area (Å²) in [6, 6.07) is 7.15. The maximum atomic E-state index is 9.75. The zero-order chi connectivity index (χ0) is 12.5. The Morgan fingerprint density at radius 1 is 1.33 bits per heavy atom. The van der Waals surface area contributed by atoms with E-state index in [-0.39, 0.29) is 6.10 Å². The maximum absolute atomic E-state index is 9.75. The molecule has 4 heteroatoms. The van der Waals surface area contributed by atoms with E-state index >= 15 is 0 Å². The van der Waals surface area contributed by atoms with Crippen LogP contribution in [0, 0.1) is 0 Å². The molecule has 3 heterocycles. The van der Waals surface area contributed by atoms with E-state index in [4.69, 9.17) is 0 Å². The van der Waals surface area contributed by atoms with Crippen LogP contribution in [0.5, 0.6) is 0 Å². The van der Waals surface area contributed by atoms with Gasteiger partial charge in [0.25, 0.3) is 0 Å². The predicted molar refractivity (Wildman–Crippen MR) is 70.1 cm³/mol. The van der Waals surface area contributed by atoms with Gasteiger partial charge < -0.3 is 5.11 Å². The molecule has 1 aromatic heterocycles. The minimum atomic E-state index is -0.128. The highest BCUT2D eigenvalue weighted by Gasteiger charge is 2.37. The van der Waals surface area contributed by atoms with E-state index < -0.39 is 0 Å². The molecule has 2 aliphatic heterocycles. The van der Waals surface area contributed by atoms with Gasteiger partial charge in [-0.3, -0.25) is 14.8 Å². The summed E-state index contributed by atoms with van der Waals surface area (Å²) in [5.41, 5.74) is 1.14. The van der Waals surface area contributed by atoms with Crippen LogP contribution in [0.4, 0.5) is 0 Å². The van der Waals surface area contributed by atoms with Crippen molar-refractivity contribution in [2.24, 2.45) is 0 Å². The summed E-state index contributed by atoms with van der Waals surface area (Å²) in [5, 5.41) is 9.75. The fourth-order valence-electron chi connectivity index (χ4n) is 3.20. The van der Waals surface area contributed by atoms with Crippen LogP contribution in [0.2, 0.25) is 0 Å². The largest absolute Gasteiger partial charge is 0.392 e. The number of hydrogen-bond donors (Lipinski definition) is 1. The van der Waals surface area contributed by atoms with Crippen LogP contribution in [0.1, 0.15) is 19.0 Å². The van der Waals surface area contributed by atoms with Gasteiger partial charge in [-0.25, -0.2) is 0 Å². The van der Waals surface area contributed by atoms with Crippen LogP contribution in [-0.2, 0) is 6.54 Å². The molecule has 1 N–H and O–H groups in total. The minimum absolute atomic E-state index is 0.128. The Bertz CT molecular complexity index is 397. The monoisotopic (exact) mass is 247 g/mol. The van der Waals surface area contributed by atoms with Gasteiger partial charge in [0.1, 0.15) is 0 Å². The molecule has 3 atom stereocenters. The van der Waals surface area contributed by atoms with Gasteiger partial charge in [-0.05, 0) is 25.5 Å². The lowest BCUT2D eigenvalue weighted by molar-refractivity contribution is 0.0520. The molecule has 2 aliphatic rings. The molecule has 98 valence electrons. The van der Waals surface area contributed by atoms with E-state index in [0.29, 0.717) is 12.1 Å². The number of aliphatic hydroxyl groups excluding tert-OH is 1. The number of fused-ring (bicyclic) bond motifs is 1. The summed E-state index contributed by atoms with van der Waals surface area (Å²) in [6.07, 6.45) is 2.65. The molecule has 4 nitrogen and oxygen atoms in total. The van der Waals surface area contributed by atoms with Gasteiger partial charge in [-0.2, -0.15) is 0 Å². The first-order valence-corrected chi connectivity index (χ1v) is 6.78. The second kappa shape index (κ2) is 4.96. The third-order valence-electron chi connectivity index (χ3n) is 4.16. The molecular formula is C14H21N3O. The molecule has 3 rings (SSSR count). The van der Waals surface area contributed by atoms with Gasteiger partial charge in [-0.1, -0.05) is 6.07 Å². The molecule has 2 fully saturated rings. The number of aromatic nitrogens is 1. The molecule has 2 saturated heterocycles. The van der Waals surface area contributed by atoms with Gasteiger partial charge in [0.05, 0.1) is 11.8 Å².